The van der Waals surface area contributed by atoms with Gasteiger partial charge in [0, 0.05) is 38.9 Å². The minimum absolute atomic E-state index is 0.468. The minimum atomic E-state index is 0.468. The number of hydrogen-bond donors (Lipinski definition) is 2. The zero-order valence-electron chi connectivity index (χ0n) is 11.5. The first-order chi connectivity index (χ1) is 9.13. The van der Waals surface area contributed by atoms with Gasteiger partial charge in [0.15, 0.2) is 5.82 Å². The van der Waals surface area contributed by atoms with Crippen LogP contribution in [-0.2, 0) is 7.05 Å². The molecule has 0 radical (unpaired) electrons. The summed E-state index contributed by atoms with van der Waals surface area (Å²) in [6.45, 7) is 6.99. The zero-order chi connectivity index (χ0) is 13.4. The molecule has 3 heterocycles. The third-order valence-corrected chi connectivity index (χ3v) is 3.39. The predicted molar refractivity (Wildman–Crippen MR) is 73.0 cm³/mol. The Hall–Kier alpha value is -1.89. The highest BCUT2D eigenvalue weighted by Gasteiger charge is 2.20. The maximum atomic E-state index is 4.59. The van der Waals surface area contributed by atoms with Crippen LogP contribution >= 0.6 is 0 Å². The molecule has 0 unspecified atom stereocenters. The van der Waals surface area contributed by atoms with Crippen molar-refractivity contribution < 1.29 is 0 Å². The van der Waals surface area contributed by atoms with E-state index in [9.17, 15) is 0 Å². The second kappa shape index (κ2) is 4.65. The van der Waals surface area contributed by atoms with Crippen molar-refractivity contribution in [2.75, 3.05) is 24.5 Å². The highest BCUT2D eigenvalue weighted by Crippen LogP contribution is 2.20. The lowest BCUT2D eigenvalue weighted by Crippen LogP contribution is -2.49. The van der Waals surface area contributed by atoms with Gasteiger partial charge in [0.05, 0.1) is 11.3 Å². The third-order valence-electron chi connectivity index (χ3n) is 3.39. The molecule has 2 aromatic rings. The summed E-state index contributed by atoms with van der Waals surface area (Å²) in [5.41, 5.74) is 1.96. The zero-order valence-corrected chi connectivity index (χ0v) is 11.5. The van der Waals surface area contributed by atoms with E-state index in [1.807, 2.05) is 20.2 Å². The van der Waals surface area contributed by atoms with Crippen LogP contribution < -0.4 is 10.2 Å². The van der Waals surface area contributed by atoms with Gasteiger partial charge in [-0.05, 0) is 13.8 Å². The molecule has 1 aliphatic heterocycles. The molecule has 0 amide bonds. The summed E-state index contributed by atoms with van der Waals surface area (Å²) in [7, 11) is 1.91. The molecule has 19 heavy (non-hydrogen) atoms. The molecule has 1 atom stereocenters. The van der Waals surface area contributed by atoms with Crippen molar-refractivity contribution >= 4 is 5.95 Å². The number of nitrogens with one attached hydrogen (secondary N) is 2. The van der Waals surface area contributed by atoms with Crippen molar-refractivity contribution in [2.45, 2.75) is 19.9 Å². The van der Waals surface area contributed by atoms with Crippen molar-refractivity contribution in [3.05, 3.63) is 11.9 Å². The maximum absolute atomic E-state index is 4.59. The first-order valence-corrected chi connectivity index (χ1v) is 6.55. The Kier molecular flexibility index (Phi) is 2.98. The molecule has 3 rings (SSSR count). The number of hydrogen-bond acceptors (Lipinski definition) is 5. The lowest BCUT2D eigenvalue weighted by molar-refractivity contribution is 0.480. The summed E-state index contributed by atoms with van der Waals surface area (Å²) in [6.07, 6.45) is 1.96. The number of aryl methyl sites for hydroxylation is 2. The number of anilines is 1. The quantitative estimate of drug-likeness (QED) is 0.814. The number of nitrogens with zero attached hydrogens (tertiary/aromatic N) is 5. The van der Waals surface area contributed by atoms with E-state index in [-0.39, 0.29) is 0 Å². The van der Waals surface area contributed by atoms with Gasteiger partial charge in [-0.2, -0.15) is 10.1 Å². The van der Waals surface area contributed by atoms with Crippen LogP contribution in [0.1, 0.15) is 12.6 Å². The van der Waals surface area contributed by atoms with Crippen molar-refractivity contribution in [2.24, 2.45) is 7.05 Å². The molecule has 7 nitrogen and oxygen atoms in total. The van der Waals surface area contributed by atoms with Gasteiger partial charge in [-0.1, -0.05) is 0 Å². The predicted octanol–water partition coefficient (Wildman–Crippen LogP) is 0.312. The van der Waals surface area contributed by atoms with Crippen molar-refractivity contribution in [3.8, 4) is 11.4 Å². The summed E-state index contributed by atoms with van der Waals surface area (Å²) in [5, 5.41) is 15.1. The van der Waals surface area contributed by atoms with E-state index >= 15 is 0 Å². The van der Waals surface area contributed by atoms with Crippen LogP contribution in [0.2, 0.25) is 0 Å². The van der Waals surface area contributed by atoms with Gasteiger partial charge in [0.1, 0.15) is 0 Å². The molecule has 1 saturated heterocycles. The Morgan fingerprint density at radius 2 is 2.26 bits per heavy atom. The molecule has 0 aromatic carbocycles. The Morgan fingerprint density at radius 3 is 2.95 bits per heavy atom. The van der Waals surface area contributed by atoms with Gasteiger partial charge in [-0.15, -0.1) is 5.10 Å². The summed E-state index contributed by atoms with van der Waals surface area (Å²) in [4.78, 5) is 6.79. The van der Waals surface area contributed by atoms with Gasteiger partial charge < -0.3 is 10.2 Å². The second-order valence-electron chi connectivity index (χ2n) is 5.09. The van der Waals surface area contributed by atoms with Crippen molar-refractivity contribution in [1.29, 1.82) is 0 Å². The number of rotatable bonds is 2. The van der Waals surface area contributed by atoms with E-state index in [1.165, 1.54) is 0 Å². The van der Waals surface area contributed by atoms with Crippen LogP contribution in [0.4, 0.5) is 5.95 Å². The van der Waals surface area contributed by atoms with Gasteiger partial charge in [-0.3, -0.25) is 9.78 Å². The van der Waals surface area contributed by atoms with Crippen molar-refractivity contribution in [1.82, 2.24) is 30.3 Å². The molecule has 1 aliphatic rings. The highest BCUT2D eigenvalue weighted by molar-refractivity contribution is 5.58. The minimum Gasteiger partial charge on any atom is -0.337 e. The van der Waals surface area contributed by atoms with Crippen LogP contribution in [0.25, 0.3) is 11.4 Å². The molecule has 0 saturated carbocycles. The number of piperazine rings is 1. The van der Waals surface area contributed by atoms with Crippen LogP contribution in [0.15, 0.2) is 6.20 Å². The Labute approximate surface area is 112 Å². The molecule has 0 aliphatic carbocycles. The summed E-state index contributed by atoms with van der Waals surface area (Å²) < 4.78 is 1.79. The van der Waals surface area contributed by atoms with Gasteiger partial charge in [-0.25, -0.2) is 0 Å². The van der Waals surface area contributed by atoms with Crippen LogP contribution in [0, 0.1) is 6.92 Å². The number of aromatic amines is 1. The number of aromatic nitrogens is 5. The molecule has 2 aromatic heterocycles. The fourth-order valence-corrected chi connectivity index (χ4v) is 2.46. The van der Waals surface area contributed by atoms with E-state index in [0.717, 1.165) is 42.7 Å². The van der Waals surface area contributed by atoms with Gasteiger partial charge in [0.25, 0.3) is 0 Å². The monoisotopic (exact) mass is 261 g/mol. The molecule has 2 N–H and O–H groups in total. The summed E-state index contributed by atoms with van der Waals surface area (Å²) >= 11 is 0. The Balaban J connectivity index is 1.85. The van der Waals surface area contributed by atoms with E-state index in [4.69, 9.17) is 0 Å². The van der Waals surface area contributed by atoms with E-state index in [1.54, 1.807) is 4.68 Å². The average Bonchev–Trinajstić information content (AvgIpc) is 2.96. The summed E-state index contributed by atoms with van der Waals surface area (Å²) in [5.74, 6) is 1.55. The lowest BCUT2D eigenvalue weighted by atomic mass is 10.2. The van der Waals surface area contributed by atoms with E-state index in [0.29, 0.717) is 6.04 Å². The Bertz CT molecular complexity index is 570. The second-order valence-corrected chi connectivity index (χ2v) is 5.09. The Morgan fingerprint density at radius 1 is 1.42 bits per heavy atom. The van der Waals surface area contributed by atoms with E-state index < -0.39 is 0 Å². The normalized spacial score (nSPS) is 19.9. The van der Waals surface area contributed by atoms with Gasteiger partial charge in [0.2, 0.25) is 5.95 Å². The van der Waals surface area contributed by atoms with Gasteiger partial charge >= 0.3 is 0 Å². The molecule has 0 bridgehead atoms. The molecular weight excluding hydrogens is 242 g/mol. The molecule has 1 fully saturated rings. The smallest absolute Gasteiger partial charge is 0.245 e. The molecule has 7 heteroatoms. The first-order valence-electron chi connectivity index (χ1n) is 6.55. The topological polar surface area (TPSA) is 74.7 Å². The summed E-state index contributed by atoms with van der Waals surface area (Å²) in [6, 6.07) is 0.468. The SMILES string of the molecule is Cc1nn(C)cc1-c1nc(N2CCN[C@H](C)C2)n[nH]1. The van der Waals surface area contributed by atoms with E-state index in [2.05, 4.69) is 37.4 Å². The highest BCUT2D eigenvalue weighted by atomic mass is 15.4. The van der Waals surface area contributed by atoms with Crippen LogP contribution in [0.3, 0.4) is 0 Å². The van der Waals surface area contributed by atoms with Crippen LogP contribution in [-0.4, -0.2) is 50.6 Å². The largest absolute Gasteiger partial charge is 0.337 e. The first kappa shape index (κ1) is 12.2. The standard InChI is InChI=1S/C12H19N7/c1-8-6-19(5-4-13-8)12-14-11(15-16-12)10-7-18(3)17-9(10)2/h7-8,13H,4-6H2,1-3H3,(H,14,15,16)/t8-/m1/s1. The lowest BCUT2D eigenvalue weighted by Gasteiger charge is -2.30. The maximum Gasteiger partial charge on any atom is 0.245 e. The fraction of sp³-hybridized carbons (Fsp3) is 0.583. The molecular formula is C12H19N7. The molecule has 0 spiro atoms. The van der Waals surface area contributed by atoms with Crippen LogP contribution in [0.5, 0.6) is 0 Å². The average molecular weight is 261 g/mol. The fourth-order valence-electron chi connectivity index (χ4n) is 2.46. The third kappa shape index (κ3) is 2.33. The molecule has 102 valence electrons. The number of H-pyrrole nitrogens is 1. The van der Waals surface area contributed by atoms with Crippen molar-refractivity contribution in [3.63, 3.8) is 0 Å².